The van der Waals surface area contributed by atoms with Crippen molar-refractivity contribution in [2.24, 2.45) is 0 Å². The molecule has 0 N–H and O–H groups in total. The molecule has 4 heteroatoms. The number of hydrogen-bond acceptors (Lipinski definition) is 3. The van der Waals surface area contributed by atoms with Gasteiger partial charge in [0, 0.05) is 49.0 Å². The number of para-hydroxylation sites is 3. The molecule has 0 saturated carbocycles. The molecule has 0 unspecified atom stereocenters. The first kappa shape index (κ1) is 30.3. The molecule has 0 radical (unpaired) electrons. The first-order chi connectivity index (χ1) is 26.8. The van der Waals surface area contributed by atoms with Crippen LogP contribution in [0.15, 0.2) is 192 Å². The van der Waals surface area contributed by atoms with Gasteiger partial charge in [0.25, 0.3) is 0 Å². The molecule has 4 nitrogen and oxygen atoms in total. The van der Waals surface area contributed by atoms with Gasteiger partial charge in [-0.05, 0) is 41.5 Å². The number of furan rings is 1. The van der Waals surface area contributed by atoms with Crippen molar-refractivity contribution in [3.05, 3.63) is 188 Å². The number of hydrogen-bond donors (Lipinski definition) is 0. The average molecular weight is 690 g/mol. The topological polar surface area (TPSA) is 43.9 Å². The van der Waals surface area contributed by atoms with E-state index in [2.05, 4.69) is 168 Å². The molecule has 0 fully saturated rings. The van der Waals surface area contributed by atoms with Crippen molar-refractivity contribution < 1.29 is 4.42 Å². The lowest BCUT2D eigenvalue weighted by atomic mass is 9.98. The Kier molecular flexibility index (Phi) is 6.82. The van der Waals surface area contributed by atoms with Gasteiger partial charge in [-0.1, -0.05) is 158 Å². The summed E-state index contributed by atoms with van der Waals surface area (Å²) in [5, 5.41) is 6.61. The highest BCUT2D eigenvalue weighted by Crippen LogP contribution is 2.44. The minimum atomic E-state index is 0.644. The van der Waals surface area contributed by atoms with E-state index in [0.717, 1.165) is 83.1 Å². The lowest BCUT2D eigenvalue weighted by Crippen LogP contribution is -1.99. The number of fused-ring (bicyclic) bond motifs is 8. The molecule has 8 aromatic carbocycles. The van der Waals surface area contributed by atoms with Crippen molar-refractivity contribution in [1.29, 1.82) is 0 Å². The van der Waals surface area contributed by atoms with Gasteiger partial charge in [-0.3, -0.25) is 0 Å². The van der Waals surface area contributed by atoms with E-state index in [9.17, 15) is 0 Å². The zero-order valence-corrected chi connectivity index (χ0v) is 29.1. The maximum Gasteiger partial charge on any atom is 0.161 e. The van der Waals surface area contributed by atoms with Crippen LogP contribution < -0.4 is 0 Å². The Morgan fingerprint density at radius 1 is 0.389 bits per heavy atom. The molecule has 0 aliphatic carbocycles. The summed E-state index contributed by atoms with van der Waals surface area (Å²) in [6, 6.07) is 66.0. The average Bonchev–Trinajstić information content (AvgIpc) is 3.79. The van der Waals surface area contributed by atoms with Crippen molar-refractivity contribution in [3.8, 4) is 50.7 Å². The Morgan fingerprint density at radius 2 is 0.907 bits per heavy atom. The highest BCUT2D eigenvalue weighted by molar-refractivity contribution is 6.22. The summed E-state index contributed by atoms with van der Waals surface area (Å²) in [6.07, 6.45) is 0. The van der Waals surface area contributed by atoms with E-state index in [1.165, 1.54) is 16.3 Å². The largest absolute Gasteiger partial charge is 0.455 e. The van der Waals surface area contributed by atoms with Gasteiger partial charge in [0.1, 0.15) is 11.2 Å². The van der Waals surface area contributed by atoms with Crippen LogP contribution in [0.5, 0.6) is 0 Å². The van der Waals surface area contributed by atoms with Crippen LogP contribution in [0.1, 0.15) is 0 Å². The SMILES string of the molecule is c1ccc(-c2ccc(-c3cc(-c4ccccc4)nc(-c4cccc5c(-n6c7ccccc7c7ccccc76)cc6c7ccccc7oc6c45)n3)cc2)cc1. The maximum atomic E-state index is 6.80. The highest BCUT2D eigenvalue weighted by Gasteiger charge is 2.22. The zero-order chi connectivity index (χ0) is 35.6. The van der Waals surface area contributed by atoms with Crippen molar-refractivity contribution >= 4 is 54.5 Å². The second-order valence-corrected chi connectivity index (χ2v) is 13.7. The van der Waals surface area contributed by atoms with E-state index in [1.54, 1.807) is 0 Å². The predicted molar refractivity (Wildman–Crippen MR) is 223 cm³/mol. The van der Waals surface area contributed by atoms with Crippen LogP contribution in [0, 0.1) is 0 Å². The van der Waals surface area contributed by atoms with Gasteiger partial charge in [-0.2, -0.15) is 0 Å². The van der Waals surface area contributed by atoms with E-state index in [0.29, 0.717) is 5.82 Å². The molecule has 0 atom stereocenters. The fraction of sp³-hybridized carbons (Fsp3) is 0. The van der Waals surface area contributed by atoms with Gasteiger partial charge >= 0.3 is 0 Å². The fourth-order valence-electron chi connectivity index (χ4n) is 8.11. The van der Waals surface area contributed by atoms with Crippen molar-refractivity contribution in [2.75, 3.05) is 0 Å². The summed E-state index contributed by atoms with van der Waals surface area (Å²) in [7, 11) is 0. The van der Waals surface area contributed by atoms with Gasteiger partial charge < -0.3 is 8.98 Å². The molecule has 3 aromatic heterocycles. The number of nitrogens with zero attached hydrogens (tertiary/aromatic N) is 3. The fourth-order valence-corrected chi connectivity index (χ4v) is 8.11. The first-order valence-corrected chi connectivity index (χ1v) is 18.2. The van der Waals surface area contributed by atoms with Crippen LogP contribution in [-0.2, 0) is 0 Å². The van der Waals surface area contributed by atoms with Gasteiger partial charge in [0.15, 0.2) is 5.82 Å². The Morgan fingerprint density at radius 3 is 1.59 bits per heavy atom. The molecule has 0 spiro atoms. The Labute approximate surface area is 311 Å². The Hall–Kier alpha value is -7.30. The van der Waals surface area contributed by atoms with Gasteiger partial charge in [-0.15, -0.1) is 0 Å². The van der Waals surface area contributed by atoms with Crippen LogP contribution in [0.25, 0.3) is 105 Å². The van der Waals surface area contributed by atoms with E-state index in [1.807, 2.05) is 24.3 Å². The molecule has 11 rings (SSSR count). The molecule has 0 aliphatic heterocycles. The molecule has 11 aromatic rings. The summed E-state index contributed by atoms with van der Waals surface area (Å²) in [6.45, 7) is 0. The predicted octanol–water partition coefficient (Wildman–Crippen LogP) is 13.3. The summed E-state index contributed by atoms with van der Waals surface area (Å²) in [4.78, 5) is 10.7. The third-order valence-corrected chi connectivity index (χ3v) is 10.6. The Balaban J connectivity index is 1.21. The Bertz CT molecular complexity index is 3140. The van der Waals surface area contributed by atoms with Crippen LogP contribution in [0.4, 0.5) is 0 Å². The number of benzene rings is 8. The van der Waals surface area contributed by atoms with Crippen molar-refractivity contribution in [2.45, 2.75) is 0 Å². The molecule has 0 aliphatic rings. The minimum Gasteiger partial charge on any atom is -0.455 e. The quantitative estimate of drug-likeness (QED) is 0.181. The van der Waals surface area contributed by atoms with E-state index < -0.39 is 0 Å². The molecular formula is C50H31N3O. The second kappa shape index (κ2) is 12.1. The van der Waals surface area contributed by atoms with Crippen molar-refractivity contribution in [3.63, 3.8) is 0 Å². The molecule has 252 valence electrons. The molecule has 0 saturated heterocycles. The molecule has 3 heterocycles. The number of rotatable bonds is 5. The first-order valence-electron chi connectivity index (χ1n) is 18.2. The summed E-state index contributed by atoms with van der Waals surface area (Å²) in [5.74, 6) is 0.644. The molecule has 0 amide bonds. The zero-order valence-electron chi connectivity index (χ0n) is 29.1. The van der Waals surface area contributed by atoms with Gasteiger partial charge in [0.2, 0.25) is 0 Å². The normalized spacial score (nSPS) is 11.7. The summed E-state index contributed by atoms with van der Waals surface area (Å²) >= 11 is 0. The third kappa shape index (κ3) is 4.78. The van der Waals surface area contributed by atoms with Crippen LogP contribution in [0.2, 0.25) is 0 Å². The van der Waals surface area contributed by atoms with E-state index in [4.69, 9.17) is 14.4 Å². The van der Waals surface area contributed by atoms with Gasteiger partial charge in [0.05, 0.1) is 28.1 Å². The van der Waals surface area contributed by atoms with Crippen molar-refractivity contribution in [1.82, 2.24) is 14.5 Å². The van der Waals surface area contributed by atoms with E-state index in [-0.39, 0.29) is 0 Å². The molecule has 0 bridgehead atoms. The third-order valence-electron chi connectivity index (χ3n) is 10.6. The molecule has 54 heavy (non-hydrogen) atoms. The lowest BCUT2D eigenvalue weighted by Gasteiger charge is -2.15. The highest BCUT2D eigenvalue weighted by atomic mass is 16.3. The lowest BCUT2D eigenvalue weighted by molar-refractivity contribution is 0.672. The monoisotopic (exact) mass is 689 g/mol. The van der Waals surface area contributed by atoms with Crippen LogP contribution >= 0.6 is 0 Å². The molecular weight excluding hydrogens is 659 g/mol. The summed E-state index contributed by atoms with van der Waals surface area (Å²) < 4.78 is 9.20. The van der Waals surface area contributed by atoms with Crippen LogP contribution in [-0.4, -0.2) is 14.5 Å². The minimum absolute atomic E-state index is 0.644. The van der Waals surface area contributed by atoms with Crippen LogP contribution in [0.3, 0.4) is 0 Å². The standard InChI is InChI=1S/C50H31N3O/c1-3-14-32(15-4-1)33-26-28-35(29-27-33)43-31-42(34-16-5-2-6-17-34)51-50(52-43)40-22-13-21-39-46(30-41-38-20-9-12-25-47(38)54-49(41)48(39)40)53-44-23-10-7-18-36(44)37-19-8-11-24-45(37)53/h1-31H. The maximum absolute atomic E-state index is 6.80. The van der Waals surface area contributed by atoms with E-state index >= 15 is 0 Å². The number of aromatic nitrogens is 3. The smallest absolute Gasteiger partial charge is 0.161 e. The summed E-state index contributed by atoms with van der Waals surface area (Å²) in [5.41, 5.74) is 12.1. The second-order valence-electron chi connectivity index (χ2n) is 13.7. The van der Waals surface area contributed by atoms with Gasteiger partial charge in [-0.25, -0.2) is 9.97 Å².